The Morgan fingerprint density at radius 2 is 2.26 bits per heavy atom. The Bertz CT molecular complexity index is 547. The van der Waals surface area contributed by atoms with Crippen molar-refractivity contribution in [2.45, 2.75) is 19.4 Å². The topological polar surface area (TPSA) is 53.3 Å². The molecule has 4 nitrogen and oxygen atoms in total. The molecule has 1 saturated carbocycles. The molecule has 0 unspecified atom stereocenters. The molecule has 0 N–H and O–H groups in total. The summed E-state index contributed by atoms with van der Waals surface area (Å²) in [5.74, 6) is -0.470. The monoisotopic (exact) mass is 262 g/mol. The summed E-state index contributed by atoms with van der Waals surface area (Å²) in [5, 5.41) is 8.98. The zero-order valence-corrected chi connectivity index (χ0v) is 10.9. The third-order valence-electron chi connectivity index (χ3n) is 3.36. The lowest BCUT2D eigenvalue weighted by atomic mass is 10.1. The van der Waals surface area contributed by atoms with Crippen LogP contribution in [0, 0.1) is 22.6 Å². The highest BCUT2D eigenvalue weighted by Gasteiger charge is 2.51. The van der Waals surface area contributed by atoms with Crippen molar-refractivity contribution in [1.82, 2.24) is 4.90 Å². The molecule has 1 aliphatic carbocycles. The van der Waals surface area contributed by atoms with Crippen molar-refractivity contribution < 1.29 is 13.9 Å². The van der Waals surface area contributed by atoms with E-state index in [9.17, 15) is 9.18 Å². The zero-order chi connectivity index (χ0) is 14.0. The lowest BCUT2D eigenvalue weighted by molar-refractivity contribution is -0.134. The molecule has 1 fully saturated rings. The first-order valence-electron chi connectivity index (χ1n) is 6.01. The Balaban J connectivity index is 2.07. The Morgan fingerprint density at radius 1 is 1.58 bits per heavy atom. The summed E-state index contributed by atoms with van der Waals surface area (Å²) in [7, 11) is 3.03. The summed E-state index contributed by atoms with van der Waals surface area (Å²) in [6.07, 6.45) is 1.23. The van der Waals surface area contributed by atoms with Gasteiger partial charge in [0.05, 0.1) is 13.2 Å². The lowest BCUT2D eigenvalue weighted by Gasteiger charge is -2.20. The molecule has 0 bridgehead atoms. The molecular formula is C14H15FN2O2. The van der Waals surface area contributed by atoms with Gasteiger partial charge in [-0.2, -0.15) is 5.26 Å². The molecule has 19 heavy (non-hydrogen) atoms. The van der Waals surface area contributed by atoms with Crippen molar-refractivity contribution in [3.8, 4) is 11.8 Å². The maximum atomic E-state index is 13.5. The van der Waals surface area contributed by atoms with Crippen LogP contribution in [0.2, 0.25) is 0 Å². The van der Waals surface area contributed by atoms with Gasteiger partial charge < -0.3 is 9.64 Å². The molecule has 0 aliphatic heterocycles. The quantitative estimate of drug-likeness (QED) is 0.835. The number of benzene rings is 1. The molecule has 100 valence electrons. The van der Waals surface area contributed by atoms with Gasteiger partial charge in [0.2, 0.25) is 5.91 Å². The van der Waals surface area contributed by atoms with Crippen LogP contribution in [-0.4, -0.2) is 25.0 Å². The van der Waals surface area contributed by atoms with Gasteiger partial charge in [-0.3, -0.25) is 4.79 Å². The fourth-order valence-electron chi connectivity index (χ4n) is 2.02. The van der Waals surface area contributed by atoms with E-state index in [0.29, 0.717) is 18.4 Å². The van der Waals surface area contributed by atoms with E-state index in [-0.39, 0.29) is 18.2 Å². The van der Waals surface area contributed by atoms with Crippen LogP contribution in [0.15, 0.2) is 18.2 Å². The van der Waals surface area contributed by atoms with Crippen molar-refractivity contribution in [3.05, 3.63) is 29.6 Å². The Hall–Kier alpha value is -2.09. The van der Waals surface area contributed by atoms with Gasteiger partial charge in [-0.25, -0.2) is 4.39 Å². The second-order valence-electron chi connectivity index (χ2n) is 4.82. The number of amides is 1. The highest BCUT2D eigenvalue weighted by molar-refractivity contribution is 5.88. The minimum Gasteiger partial charge on any atom is -0.494 e. The van der Waals surface area contributed by atoms with Gasteiger partial charge in [-0.05, 0) is 30.5 Å². The second kappa shape index (κ2) is 4.88. The van der Waals surface area contributed by atoms with Crippen molar-refractivity contribution in [3.63, 3.8) is 0 Å². The van der Waals surface area contributed by atoms with E-state index >= 15 is 0 Å². The summed E-state index contributed by atoms with van der Waals surface area (Å²) in [6.45, 7) is 0.281. The minimum absolute atomic E-state index is 0.174. The molecule has 2 rings (SSSR count). The highest BCUT2D eigenvalue weighted by atomic mass is 19.1. The van der Waals surface area contributed by atoms with Gasteiger partial charge in [-0.15, -0.1) is 0 Å². The Kier molecular flexibility index (Phi) is 3.43. The number of nitrogens with zero attached hydrogens (tertiary/aromatic N) is 2. The third-order valence-corrected chi connectivity index (χ3v) is 3.36. The number of carbonyl (C=O) groups is 1. The predicted molar refractivity (Wildman–Crippen MR) is 66.7 cm³/mol. The first-order valence-corrected chi connectivity index (χ1v) is 6.01. The van der Waals surface area contributed by atoms with Crippen molar-refractivity contribution >= 4 is 5.91 Å². The second-order valence-corrected chi connectivity index (χ2v) is 4.82. The van der Waals surface area contributed by atoms with E-state index in [2.05, 4.69) is 6.07 Å². The van der Waals surface area contributed by atoms with Crippen molar-refractivity contribution in [2.24, 2.45) is 5.41 Å². The van der Waals surface area contributed by atoms with Crippen LogP contribution in [-0.2, 0) is 11.3 Å². The zero-order valence-electron chi connectivity index (χ0n) is 10.9. The summed E-state index contributed by atoms with van der Waals surface area (Å²) < 4.78 is 18.4. The molecule has 0 aromatic heterocycles. The molecule has 0 spiro atoms. The average Bonchev–Trinajstić information content (AvgIpc) is 3.19. The van der Waals surface area contributed by atoms with E-state index in [1.54, 1.807) is 13.1 Å². The van der Waals surface area contributed by atoms with E-state index in [4.69, 9.17) is 10.00 Å². The maximum absolute atomic E-state index is 13.5. The van der Waals surface area contributed by atoms with Crippen LogP contribution < -0.4 is 4.74 Å². The van der Waals surface area contributed by atoms with Crippen LogP contribution in [0.25, 0.3) is 0 Å². The number of ether oxygens (including phenoxy) is 1. The number of methoxy groups -OCH3 is 1. The van der Waals surface area contributed by atoms with E-state index in [1.165, 1.54) is 24.1 Å². The number of hydrogen-bond acceptors (Lipinski definition) is 3. The Morgan fingerprint density at radius 3 is 2.74 bits per heavy atom. The molecule has 5 heteroatoms. The SMILES string of the molecule is COc1ccc(CN(C)C(=O)C2(C#N)CC2)cc1F. The fraction of sp³-hybridized carbons (Fsp3) is 0.429. The molecule has 0 atom stereocenters. The smallest absolute Gasteiger partial charge is 0.243 e. The summed E-state index contributed by atoms with van der Waals surface area (Å²) in [6, 6.07) is 6.64. The standard InChI is InChI=1S/C14H15FN2O2/c1-17(13(18)14(9-16)5-6-14)8-10-3-4-12(19-2)11(15)7-10/h3-4,7H,5-6,8H2,1-2H3. The average molecular weight is 262 g/mol. The van der Waals surface area contributed by atoms with Crippen LogP contribution in [0.1, 0.15) is 18.4 Å². The minimum atomic E-state index is -0.834. The molecule has 1 aromatic carbocycles. The summed E-state index contributed by atoms with van der Waals surface area (Å²) in [5.41, 5.74) is -0.164. The molecule has 1 amide bonds. The number of rotatable bonds is 4. The van der Waals surface area contributed by atoms with Gasteiger partial charge in [0, 0.05) is 13.6 Å². The molecular weight excluding hydrogens is 247 g/mol. The number of carbonyl (C=O) groups excluding carboxylic acids is 1. The van der Waals surface area contributed by atoms with Gasteiger partial charge in [0.15, 0.2) is 11.6 Å². The van der Waals surface area contributed by atoms with Crippen LogP contribution in [0.3, 0.4) is 0 Å². The van der Waals surface area contributed by atoms with E-state index in [0.717, 1.165) is 0 Å². The molecule has 0 heterocycles. The maximum Gasteiger partial charge on any atom is 0.243 e. The van der Waals surface area contributed by atoms with Gasteiger partial charge in [0.25, 0.3) is 0 Å². The van der Waals surface area contributed by atoms with Gasteiger partial charge >= 0.3 is 0 Å². The van der Waals surface area contributed by atoms with E-state index < -0.39 is 11.2 Å². The largest absolute Gasteiger partial charge is 0.494 e. The first-order chi connectivity index (χ1) is 9.02. The fourth-order valence-corrected chi connectivity index (χ4v) is 2.02. The van der Waals surface area contributed by atoms with Crippen molar-refractivity contribution in [2.75, 3.05) is 14.2 Å². The normalized spacial score (nSPS) is 15.5. The van der Waals surface area contributed by atoms with Gasteiger partial charge in [-0.1, -0.05) is 6.07 Å². The Labute approximate surface area is 111 Å². The van der Waals surface area contributed by atoms with Gasteiger partial charge in [0.1, 0.15) is 5.41 Å². The van der Waals surface area contributed by atoms with Crippen molar-refractivity contribution in [1.29, 1.82) is 5.26 Å². The molecule has 1 aliphatic rings. The molecule has 0 saturated heterocycles. The highest BCUT2D eigenvalue weighted by Crippen LogP contribution is 2.46. The van der Waals surface area contributed by atoms with Crippen LogP contribution in [0.4, 0.5) is 4.39 Å². The predicted octanol–water partition coefficient (Wildman–Crippen LogP) is 2.10. The molecule has 0 radical (unpaired) electrons. The number of halogens is 1. The summed E-state index contributed by atoms with van der Waals surface area (Å²) in [4.78, 5) is 13.5. The lowest BCUT2D eigenvalue weighted by Crippen LogP contribution is -2.33. The summed E-state index contributed by atoms with van der Waals surface area (Å²) >= 11 is 0. The van der Waals surface area contributed by atoms with Crippen LogP contribution >= 0.6 is 0 Å². The van der Waals surface area contributed by atoms with Crippen LogP contribution in [0.5, 0.6) is 5.75 Å². The number of nitriles is 1. The number of hydrogen-bond donors (Lipinski definition) is 0. The third kappa shape index (κ3) is 2.53. The molecule has 1 aromatic rings. The first kappa shape index (κ1) is 13.3. The van der Waals surface area contributed by atoms with E-state index in [1.807, 2.05) is 0 Å².